The molecule has 3 fully saturated rings. The Bertz CT molecular complexity index is 1370. The van der Waals surface area contributed by atoms with E-state index in [1.54, 1.807) is 13.2 Å². The number of allylic oxidation sites excluding steroid dienone is 4. The topological polar surface area (TPSA) is 90.5 Å². The number of aromatic nitrogens is 2. The highest BCUT2D eigenvalue weighted by Crippen LogP contribution is 2.67. The summed E-state index contributed by atoms with van der Waals surface area (Å²) in [5, 5.41) is 0.763. The summed E-state index contributed by atoms with van der Waals surface area (Å²) >= 11 is 1.48. The van der Waals surface area contributed by atoms with Crippen molar-refractivity contribution in [2.24, 2.45) is 34.5 Å². The summed E-state index contributed by atoms with van der Waals surface area (Å²) < 4.78 is 18.7. The molecule has 0 radical (unpaired) electrons. The Morgan fingerprint density at radius 3 is 2.76 bits per heavy atom. The number of methoxy groups -OCH3 is 2. The first kappa shape index (κ1) is 29.8. The second-order valence-electron chi connectivity index (χ2n) is 13.2. The summed E-state index contributed by atoms with van der Waals surface area (Å²) in [6, 6.07) is 7.94. The number of para-hydroxylation sites is 2. The molecule has 1 N–H and O–H groups in total. The van der Waals surface area contributed by atoms with E-state index in [1.807, 2.05) is 37.5 Å². The maximum Gasteiger partial charge on any atom is 0.178 e. The summed E-state index contributed by atoms with van der Waals surface area (Å²) in [6.45, 7) is 6.72. The molecular formula is C34H44N2O5S. The van der Waals surface area contributed by atoms with E-state index in [-0.39, 0.29) is 52.7 Å². The number of nitrogens with zero attached hydrogens (tertiary/aromatic N) is 1. The standard InChI is InChI=1S/C34H44N2O5S/c1-6-9-29(40-5)41-27-17-23-22-13-12-20-16-21(37)14-15-33(20,2)30(22)28(39-4)18-34(23,3)31(27)26(38)19-42-32-35-24-10-7-8-11-25(24)36-32/h7-8,10-11,14-16,22-23,27-31H,6,9,12-13,17-19H2,1-5H3,(H,35,36)/t22?,23?,27-,28+,29-,30?,31?,33?,34?/m1/s1. The number of rotatable bonds is 10. The number of ketones is 2. The molecule has 9 atom stereocenters. The zero-order valence-electron chi connectivity index (χ0n) is 25.4. The van der Waals surface area contributed by atoms with Gasteiger partial charge in [0, 0.05) is 25.6 Å². The van der Waals surface area contributed by atoms with Crippen LogP contribution in [0.25, 0.3) is 11.0 Å². The van der Waals surface area contributed by atoms with Crippen LogP contribution in [0.15, 0.2) is 53.2 Å². The Morgan fingerprint density at radius 2 is 2.02 bits per heavy atom. The Hall–Kier alpha value is -2.26. The van der Waals surface area contributed by atoms with Crippen LogP contribution in [-0.2, 0) is 23.8 Å². The molecule has 1 aromatic carbocycles. The van der Waals surface area contributed by atoms with Crippen LogP contribution in [0, 0.1) is 34.5 Å². The largest absolute Gasteiger partial charge is 0.381 e. The number of hydrogen-bond donors (Lipinski definition) is 1. The maximum atomic E-state index is 14.3. The molecule has 8 heteroatoms. The molecule has 0 amide bonds. The minimum absolute atomic E-state index is 0.0197. The fraction of sp³-hybridized carbons (Fsp3) is 0.618. The second kappa shape index (κ2) is 11.7. The Kier molecular flexibility index (Phi) is 8.28. The Labute approximate surface area is 253 Å². The smallest absolute Gasteiger partial charge is 0.178 e. The maximum absolute atomic E-state index is 14.3. The summed E-state index contributed by atoms with van der Waals surface area (Å²) in [5.41, 5.74) is 2.62. The fourth-order valence-electron chi connectivity index (χ4n) is 9.12. The SMILES string of the molecule is CCC[C@H](OC)O[C@@H]1CC2C3CCC4=CC(=O)C=CC4(C)C3[C@@H](OC)CC2(C)C1C(=O)CSc1nc2ccccc2[nH]1. The summed E-state index contributed by atoms with van der Waals surface area (Å²) in [4.78, 5) is 34.7. The molecule has 4 aliphatic rings. The molecule has 6 unspecified atom stereocenters. The van der Waals surface area contributed by atoms with Crippen molar-refractivity contribution in [1.29, 1.82) is 0 Å². The lowest BCUT2D eigenvalue weighted by atomic mass is 9.46. The van der Waals surface area contributed by atoms with Crippen LogP contribution in [-0.4, -0.2) is 60.0 Å². The average Bonchev–Trinajstić information content (AvgIpc) is 3.53. The number of nitrogens with one attached hydrogen (secondary N) is 1. The van der Waals surface area contributed by atoms with Crippen molar-refractivity contribution in [3.63, 3.8) is 0 Å². The van der Waals surface area contributed by atoms with Crippen LogP contribution < -0.4 is 0 Å². The molecular weight excluding hydrogens is 548 g/mol. The van der Waals surface area contributed by atoms with Crippen LogP contribution >= 0.6 is 11.8 Å². The van der Waals surface area contributed by atoms with E-state index in [0.717, 1.165) is 54.7 Å². The van der Waals surface area contributed by atoms with E-state index >= 15 is 0 Å². The van der Waals surface area contributed by atoms with Crippen molar-refractivity contribution >= 4 is 34.4 Å². The van der Waals surface area contributed by atoms with Gasteiger partial charge in [0.15, 0.2) is 17.2 Å². The van der Waals surface area contributed by atoms with E-state index in [9.17, 15) is 9.59 Å². The van der Waals surface area contributed by atoms with Gasteiger partial charge in [0.05, 0.1) is 34.9 Å². The van der Waals surface area contributed by atoms with Crippen molar-refractivity contribution in [2.45, 2.75) is 83.0 Å². The van der Waals surface area contributed by atoms with Gasteiger partial charge in [0.1, 0.15) is 5.78 Å². The molecule has 6 rings (SSSR count). The first-order chi connectivity index (χ1) is 20.2. The van der Waals surface area contributed by atoms with Gasteiger partial charge in [0.2, 0.25) is 0 Å². The van der Waals surface area contributed by atoms with Gasteiger partial charge in [-0.15, -0.1) is 0 Å². The predicted octanol–water partition coefficient (Wildman–Crippen LogP) is 6.54. The zero-order valence-corrected chi connectivity index (χ0v) is 26.2. The first-order valence-corrected chi connectivity index (χ1v) is 16.5. The number of fused-ring (bicyclic) bond motifs is 6. The molecule has 42 heavy (non-hydrogen) atoms. The lowest BCUT2D eigenvalue weighted by molar-refractivity contribution is -0.176. The minimum Gasteiger partial charge on any atom is -0.381 e. The zero-order chi connectivity index (χ0) is 29.6. The van der Waals surface area contributed by atoms with E-state index in [0.29, 0.717) is 17.6 Å². The van der Waals surface area contributed by atoms with Gasteiger partial charge >= 0.3 is 0 Å². The molecule has 1 aromatic heterocycles. The molecule has 0 spiro atoms. The first-order valence-electron chi connectivity index (χ1n) is 15.5. The van der Waals surface area contributed by atoms with Crippen LogP contribution in [0.3, 0.4) is 0 Å². The second-order valence-corrected chi connectivity index (χ2v) is 14.1. The molecule has 3 saturated carbocycles. The molecule has 7 nitrogen and oxygen atoms in total. The fourth-order valence-corrected chi connectivity index (χ4v) is 9.92. The summed E-state index contributed by atoms with van der Waals surface area (Å²) in [6.07, 6.45) is 10.4. The third kappa shape index (κ3) is 5.02. The minimum atomic E-state index is -0.332. The van der Waals surface area contributed by atoms with Gasteiger partial charge in [-0.3, -0.25) is 9.59 Å². The van der Waals surface area contributed by atoms with Gasteiger partial charge in [-0.05, 0) is 73.6 Å². The van der Waals surface area contributed by atoms with Crippen LogP contribution in [0.5, 0.6) is 0 Å². The number of thioether (sulfide) groups is 1. The predicted molar refractivity (Wildman–Crippen MR) is 164 cm³/mol. The number of Topliss-reactive ketones (excluding diaryl/α,β-unsaturated/α-hetero) is 1. The van der Waals surface area contributed by atoms with Gasteiger partial charge in [0.25, 0.3) is 0 Å². The molecule has 1 heterocycles. The Morgan fingerprint density at radius 1 is 1.21 bits per heavy atom. The Balaban J connectivity index is 1.31. The molecule has 0 saturated heterocycles. The van der Waals surface area contributed by atoms with E-state index in [1.165, 1.54) is 17.3 Å². The number of aromatic amines is 1. The average molecular weight is 593 g/mol. The third-order valence-corrected chi connectivity index (χ3v) is 11.9. The van der Waals surface area contributed by atoms with E-state index in [4.69, 9.17) is 19.2 Å². The van der Waals surface area contributed by atoms with Crippen LogP contribution in [0.4, 0.5) is 0 Å². The monoisotopic (exact) mass is 592 g/mol. The highest BCUT2D eigenvalue weighted by Gasteiger charge is 2.65. The van der Waals surface area contributed by atoms with Crippen LogP contribution in [0.1, 0.15) is 59.3 Å². The molecule has 0 bridgehead atoms. The van der Waals surface area contributed by atoms with Gasteiger partial charge in [-0.1, -0.05) is 62.7 Å². The van der Waals surface area contributed by atoms with Crippen molar-refractivity contribution in [3.05, 3.63) is 48.1 Å². The number of imidazole rings is 1. The van der Waals surface area contributed by atoms with E-state index in [2.05, 4.69) is 31.8 Å². The van der Waals surface area contributed by atoms with Crippen molar-refractivity contribution in [3.8, 4) is 0 Å². The van der Waals surface area contributed by atoms with Gasteiger partial charge < -0.3 is 19.2 Å². The normalized spacial score (nSPS) is 36.3. The number of hydrogen-bond acceptors (Lipinski definition) is 7. The lowest BCUT2D eigenvalue weighted by Gasteiger charge is -2.59. The number of H-pyrrole nitrogens is 1. The van der Waals surface area contributed by atoms with Crippen molar-refractivity contribution in [1.82, 2.24) is 9.97 Å². The van der Waals surface area contributed by atoms with Gasteiger partial charge in [-0.2, -0.15) is 0 Å². The molecule has 226 valence electrons. The molecule has 4 aliphatic carbocycles. The number of carbonyl (C=O) groups excluding carboxylic acids is 2. The quantitative estimate of drug-likeness (QED) is 0.247. The lowest BCUT2D eigenvalue weighted by Crippen LogP contribution is -2.57. The number of carbonyl (C=O) groups is 2. The highest BCUT2D eigenvalue weighted by atomic mass is 32.2. The summed E-state index contributed by atoms with van der Waals surface area (Å²) in [5.74, 6) is 1.29. The number of benzene rings is 1. The van der Waals surface area contributed by atoms with Crippen LogP contribution in [0.2, 0.25) is 0 Å². The third-order valence-electron chi connectivity index (χ3n) is 11.0. The van der Waals surface area contributed by atoms with Crippen molar-refractivity contribution < 1.29 is 23.8 Å². The molecule has 0 aliphatic heterocycles. The van der Waals surface area contributed by atoms with E-state index < -0.39 is 0 Å². The summed E-state index contributed by atoms with van der Waals surface area (Å²) in [7, 11) is 3.51. The van der Waals surface area contributed by atoms with Crippen molar-refractivity contribution in [2.75, 3.05) is 20.0 Å². The van der Waals surface area contributed by atoms with Gasteiger partial charge in [-0.25, -0.2) is 4.98 Å². The highest BCUT2D eigenvalue weighted by molar-refractivity contribution is 7.99. The number of ether oxygens (including phenoxy) is 3. The molecule has 2 aromatic rings.